The lowest BCUT2D eigenvalue weighted by Crippen LogP contribution is -2.17. The number of aliphatic hydroxyl groups excluding tert-OH is 1. The van der Waals surface area contributed by atoms with E-state index < -0.39 is 0 Å². The molecule has 0 spiro atoms. The molecule has 3 aliphatic carbocycles. The van der Waals surface area contributed by atoms with E-state index in [-0.39, 0.29) is 6.10 Å². The van der Waals surface area contributed by atoms with Crippen LogP contribution in [-0.2, 0) is 0 Å². The Kier molecular flexibility index (Phi) is 1.18. The molecule has 3 aliphatic rings. The van der Waals surface area contributed by atoms with Crippen LogP contribution < -0.4 is 0 Å². The lowest BCUT2D eigenvalue weighted by molar-refractivity contribution is 0.105. The minimum absolute atomic E-state index is 0.0827. The molecular weight excluding hydrogens is 136 g/mol. The summed E-state index contributed by atoms with van der Waals surface area (Å²) >= 11 is 0. The molecule has 2 bridgehead atoms. The lowest BCUT2D eigenvalue weighted by Gasteiger charge is -2.16. The van der Waals surface area contributed by atoms with Crippen LogP contribution in [0.2, 0.25) is 0 Å². The molecule has 1 heteroatoms. The van der Waals surface area contributed by atoms with Crippen LogP contribution in [-0.4, -0.2) is 11.2 Å². The summed E-state index contributed by atoms with van der Waals surface area (Å²) in [6.45, 7) is 0. The van der Waals surface area contributed by atoms with Crippen molar-refractivity contribution in [1.29, 1.82) is 0 Å². The van der Waals surface area contributed by atoms with Crippen molar-refractivity contribution in [2.45, 2.75) is 38.2 Å². The fourth-order valence-corrected chi connectivity index (χ4v) is 3.57. The van der Waals surface area contributed by atoms with Gasteiger partial charge in [0.25, 0.3) is 0 Å². The van der Waals surface area contributed by atoms with Crippen LogP contribution in [0.1, 0.15) is 32.1 Å². The molecule has 0 saturated heterocycles. The summed E-state index contributed by atoms with van der Waals surface area (Å²) in [6, 6.07) is 0. The Bertz CT molecular complexity index is 174. The molecule has 0 radical (unpaired) electrons. The minimum Gasteiger partial charge on any atom is -0.393 e. The Morgan fingerprint density at radius 1 is 0.909 bits per heavy atom. The third-order valence-electron chi connectivity index (χ3n) is 4.11. The van der Waals surface area contributed by atoms with E-state index in [1.54, 1.807) is 0 Å². The summed E-state index contributed by atoms with van der Waals surface area (Å²) < 4.78 is 0. The average molecular weight is 152 g/mol. The van der Waals surface area contributed by atoms with Gasteiger partial charge in [0.05, 0.1) is 6.10 Å². The predicted molar refractivity (Wildman–Crippen MR) is 43.1 cm³/mol. The molecule has 1 N–H and O–H groups in total. The summed E-state index contributed by atoms with van der Waals surface area (Å²) in [4.78, 5) is 0. The topological polar surface area (TPSA) is 20.2 Å². The standard InChI is InChI=1S/C10H16O/c11-9-5-7-3-4-8(9)10(7)6-1-2-6/h6-11H,1-5H2. The van der Waals surface area contributed by atoms with Crippen molar-refractivity contribution in [3.8, 4) is 0 Å². The van der Waals surface area contributed by atoms with Gasteiger partial charge < -0.3 is 5.11 Å². The van der Waals surface area contributed by atoms with E-state index in [1.165, 1.54) is 25.7 Å². The van der Waals surface area contributed by atoms with Crippen molar-refractivity contribution in [2.75, 3.05) is 0 Å². The molecule has 3 rings (SSSR count). The van der Waals surface area contributed by atoms with E-state index in [0.717, 1.165) is 24.2 Å². The maximum atomic E-state index is 9.67. The molecule has 62 valence electrons. The Labute approximate surface area is 67.8 Å². The Morgan fingerprint density at radius 3 is 2.09 bits per heavy atom. The highest BCUT2D eigenvalue weighted by atomic mass is 16.3. The van der Waals surface area contributed by atoms with Gasteiger partial charge in [0.2, 0.25) is 0 Å². The van der Waals surface area contributed by atoms with Crippen molar-refractivity contribution in [2.24, 2.45) is 23.7 Å². The summed E-state index contributed by atoms with van der Waals surface area (Å²) in [5.41, 5.74) is 0. The Hall–Kier alpha value is -0.0400. The Balaban J connectivity index is 1.84. The van der Waals surface area contributed by atoms with Gasteiger partial charge in [0, 0.05) is 0 Å². The molecule has 0 amide bonds. The maximum absolute atomic E-state index is 9.67. The highest BCUT2D eigenvalue weighted by Crippen LogP contribution is 2.58. The minimum atomic E-state index is 0.0827. The van der Waals surface area contributed by atoms with Crippen LogP contribution in [0, 0.1) is 23.7 Å². The van der Waals surface area contributed by atoms with Gasteiger partial charge in [-0.2, -0.15) is 0 Å². The first-order valence-corrected chi connectivity index (χ1v) is 5.04. The van der Waals surface area contributed by atoms with Gasteiger partial charge in [0.1, 0.15) is 0 Å². The van der Waals surface area contributed by atoms with Gasteiger partial charge in [-0.15, -0.1) is 0 Å². The molecule has 0 heterocycles. The van der Waals surface area contributed by atoms with Crippen LogP contribution in [0.5, 0.6) is 0 Å². The van der Waals surface area contributed by atoms with Crippen LogP contribution in [0.3, 0.4) is 0 Å². The monoisotopic (exact) mass is 152 g/mol. The molecule has 1 nitrogen and oxygen atoms in total. The maximum Gasteiger partial charge on any atom is 0.0574 e. The third kappa shape index (κ3) is 0.807. The number of hydrogen-bond donors (Lipinski definition) is 1. The van der Waals surface area contributed by atoms with Gasteiger partial charge in [0.15, 0.2) is 0 Å². The van der Waals surface area contributed by atoms with Crippen molar-refractivity contribution >= 4 is 0 Å². The molecular formula is C10H16O. The molecule has 3 fully saturated rings. The number of hydrogen-bond acceptors (Lipinski definition) is 1. The molecule has 0 aromatic carbocycles. The largest absolute Gasteiger partial charge is 0.393 e. The second kappa shape index (κ2) is 2.01. The fraction of sp³-hybridized carbons (Fsp3) is 1.00. The zero-order valence-corrected chi connectivity index (χ0v) is 6.87. The van der Waals surface area contributed by atoms with Crippen molar-refractivity contribution in [1.82, 2.24) is 0 Å². The van der Waals surface area contributed by atoms with Crippen molar-refractivity contribution in [3.05, 3.63) is 0 Å². The van der Waals surface area contributed by atoms with Gasteiger partial charge in [-0.1, -0.05) is 0 Å². The first-order chi connectivity index (χ1) is 5.36. The smallest absolute Gasteiger partial charge is 0.0574 e. The van der Waals surface area contributed by atoms with Gasteiger partial charge >= 0.3 is 0 Å². The zero-order valence-electron chi connectivity index (χ0n) is 6.87. The first kappa shape index (κ1) is 6.47. The van der Waals surface area contributed by atoms with E-state index in [2.05, 4.69) is 0 Å². The third-order valence-corrected chi connectivity index (χ3v) is 4.11. The summed E-state index contributed by atoms with van der Waals surface area (Å²) in [6.07, 6.45) is 6.88. The van der Waals surface area contributed by atoms with E-state index in [0.29, 0.717) is 5.92 Å². The predicted octanol–water partition coefficient (Wildman–Crippen LogP) is 1.80. The molecule has 0 aliphatic heterocycles. The second-order valence-electron chi connectivity index (χ2n) is 4.72. The van der Waals surface area contributed by atoms with Crippen LogP contribution in [0.4, 0.5) is 0 Å². The summed E-state index contributed by atoms with van der Waals surface area (Å²) in [5, 5.41) is 9.67. The number of aliphatic hydroxyl groups is 1. The van der Waals surface area contributed by atoms with Crippen molar-refractivity contribution in [3.63, 3.8) is 0 Å². The summed E-state index contributed by atoms with van der Waals surface area (Å²) in [7, 11) is 0. The SMILES string of the molecule is OC1CC2CCC1C2C1CC1. The van der Waals surface area contributed by atoms with E-state index in [9.17, 15) is 5.11 Å². The summed E-state index contributed by atoms with van der Waals surface area (Å²) in [5.74, 6) is 3.62. The number of fused-ring (bicyclic) bond motifs is 2. The van der Waals surface area contributed by atoms with Gasteiger partial charge in [-0.3, -0.25) is 0 Å². The van der Waals surface area contributed by atoms with Crippen LogP contribution >= 0.6 is 0 Å². The van der Waals surface area contributed by atoms with E-state index in [1.807, 2.05) is 0 Å². The van der Waals surface area contributed by atoms with Crippen LogP contribution in [0.15, 0.2) is 0 Å². The molecule has 4 atom stereocenters. The number of rotatable bonds is 1. The first-order valence-electron chi connectivity index (χ1n) is 5.04. The average Bonchev–Trinajstić information content (AvgIpc) is 2.69. The molecule has 0 aromatic heterocycles. The second-order valence-corrected chi connectivity index (χ2v) is 4.72. The molecule has 0 aromatic rings. The highest BCUT2D eigenvalue weighted by molar-refractivity contribution is 5.02. The van der Waals surface area contributed by atoms with Crippen molar-refractivity contribution < 1.29 is 5.11 Å². The fourth-order valence-electron chi connectivity index (χ4n) is 3.57. The Morgan fingerprint density at radius 2 is 1.64 bits per heavy atom. The molecule has 3 saturated carbocycles. The lowest BCUT2D eigenvalue weighted by atomic mass is 9.92. The van der Waals surface area contributed by atoms with Crippen LogP contribution in [0.25, 0.3) is 0 Å². The van der Waals surface area contributed by atoms with E-state index >= 15 is 0 Å². The normalized spacial score (nSPS) is 55.4. The zero-order chi connectivity index (χ0) is 7.42. The molecule has 11 heavy (non-hydrogen) atoms. The highest BCUT2D eigenvalue weighted by Gasteiger charge is 2.52. The molecule has 4 unspecified atom stereocenters. The van der Waals surface area contributed by atoms with E-state index in [4.69, 9.17) is 0 Å². The van der Waals surface area contributed by atoms with Gasteiger partial charge in [-0.05, 0) is 55.8 Å². The quantitative estimate of drug-likeness (QED) is 0.607. The van der Waals surface area contributed by atoms with Gasteiger partial charge in [-0.25, -0.2) is 0 Å².